The first-order valence-electron chi connectivity index (χ1n) is 8.38. The second-order valence-corrected chi connectivity index (χ2v) is 6.30. The zero-order chi connectivity index (χ0) is 16.7. The van der Waals surface area contributed by atoms with Crippen LogP contribution in [0.5, 0.6) is 0 Å². The molecule has 0 atom stereocenters. The van der Waals surface area contributed by atoms with E-state index >= 15 is 0 Å². The molecule has 134 valence electrons. The summed E-state index contributed by atoms with van der Waals surface area (Å²) >= 11 is 0. The smallest absolute Gasteiger partial charge is 0.253 e. The van der Waals surface area contributed by atoms with Crippen LogP contribution in [0, 0.1) is 0 Å². The van der Waals surface area contributed by atoms with Crippen LogP contribution in [0.2, 0.25) is 0 Å². The van der Waals surface area contributed by atoms with Gasteiger partial charge >= 0.3 is 0 Å². The van der Waals surface area contributed by atoms with Crippen LogP contribution in [-0.4, -0.2) is 44.0 Å². The summed E-state index contributed by atoms with van der Waals surface area (Å²) in [6.45, 7) is 0.697. The molecule has 1 fully saturated rings. The monoisotopic (exact) mass is 444 g/mol. The van der Waals surface area contributed by atoms with Gasteiger partial charge in [-0.05, 0) is 30.5 Å². The molecule has 0 radical (unpaired) electrons. The van der Waals surface area contributed by atoms with Crippen molar-refractivity contribution in [3.63, 3.8) is 0 Å². The zero-order valence-corrected chi connectivity index (χ0v) is 17.2. The number of amides is 1. The summed E-state index contributed by atoms with van der Waals surface area (Å²) in [5, 5.41) is 6.85. The van der Waals surface area contributed by atoms with E-state index in [0.29, 0.717) is 18.2 Å². The highest BCUT2D eigenvalue weighted by Gasteiger charge is 2.14. The summed E-state index contributed by atoms with van der Waals surface area (Å²) in [6.07, 6.45) is 6.40. The third kappa shape index (κ3) is 6.30. The molecule has 0 aromatic heterocycles. The van der Waals surface area contributed by atoms with E-state index in [4.69, 9.17) is 0 Å². The molecule has 0 heterocycles. The Bertz CT molecular complexity index is 536. The zero-order valence-electron chi connectivity index (χ0n) is 14.8. The van der Waals surface area contributed by atoms with Crippen molar-refractivity contribution in [1.82, 2.24) is 15.5 Å². The van der Waals surface area contributed by atoms with Gasteiger partial charge in [0.15, 0.2) is 5.96 Å². The third-order valence-corrected chi connectivity index (χ3v) is 4.24. The SMILES string of the molecule is CN=C(NCc1ccc(C(=O)N(C)C)cc1)NC1CCCCC1.I. The number of nitrogens with one attached hydrogen (secondary N) is 2. The van der Waals surface area contributed by atoms with Crippen molar-refractivity contribution in [2.45, 2.75) is 44.7 Å². The molecule has 1 amide bonds. The first-order valence-corrected chi connectivity index (χ1v) is 8.38. The lowest BCUT2D eigenvalue weighted by Crippen LogP contribution is -2.43. The van der Waals surface area contributed by atoms with Crippen LogP contribution in [0.3, 0.4) is 0 Å². The summed E-state index contributed by atoms with van der Waals surface area (Å²) in [5.74, 6) is 0.879. The van der Waals surface area contributed by atoms with Gasteiger partial charge in [0, 0.05) is 39.3 Å². The topological polar surface area (TPSA) is 56.7 Å². The first kappa shape index (κ1) is 20.7. The Labute approximate surface area is 162 Å². The second-order valence-electron chi connectivity index (χ2n) is 6.30. The lowest BCUT2D eigenvalue weighted by Gasteiger charge is -2.24. The van der Waals surface area contributed by atoms with E-state index in [1.54, 1.807) is 26.0 Å². The molecule has 0 saturated heterocycles. The van der Waals surface area contributed by atoms with Gasteiger partial charge in [0.2, 0.25) is 0 Å². The van der Waals surface area contributed by atoms with Crippen molar-refractivity contribution in [1.29, 1.82) is 0 Å². The minimum Gasteiger partial charge on any atom is -0.354 e. The maximum Gasteiger partial charge on any atom is 0.253 e. The molecule has 1 aromatic carbocycles. The Hall–Kier alpha value is -1.31. The molecule has 5 nitrogen and oxygen atoms in total. The van der Waals surface area contributed by atoms with Gasteiger partial charge in [-0.25, -0.2) is 0 Å². The lowest BCUT2D eigenvalue weighted by molar-refractivity contribution is 0.0827. The Morgan fingerprint density at radius 1 is 1.17 bits per heavy atom. The molecule has 1 aliphatic carbocycles. The van der Waals surface area contributed by atoms with Gasteiger partial charge < -0.3 is 15.5 Å². The van der Waals surface area contributed by atoms with E-state index in [-0.39, 0.29) is 29.9 Å². The molecular formula is C18H29IN4O. The molecule has 0 unspecified atom stereocenters. The van der Waals surface area contributed by atoms with Crippen LogP contribution in [0.25, 0.3) is 0 Å². The van der Waals surface area contributed by atoms with Crippen molar-refractivity contribution in [2.24, 2.45) is 4.99 Å². The highest BCUT2D eigenvalue weighted by molar-refractivity contribution is 14.0. The van der Waals surface area contributed by atoms with Gasteiger partial charge in [0.25, 0.3) is 5.91 Å². The highest BCUT2D eigenvalue weighted by Crippen LogP contribution is 2.17. The number of nitrogens with zero attached hydrogens (tertiary/aromatic N) is 2. The summed E-state index contributed by atoms with van der Waals surface area (Å²) < 4.78 is 0. The number of carbonyl (C=O) groups excluding carboxylic acids is 1. The molecule has 0 aliphatic heterocycles. The van der Waals surface area contributed by atoms with E-state index in [0.717, 1.165) is 11.5 Å². The molecular weight excluding hydrogens is 415 g/mol. The molecule has 2 N–H and O–H groups in total. The molecule has 6 heteroatoms. The minimum absolute atomic E-state index is 0. The van der Waals surface area contributed by atoms with E-state index in [2.05, 4.69) is 15.6 Å². The van der Waals surface area contributed by atoms with Crippen molar-refractivity contribution in [2.75, 3.05) is 21.1 Å². The summed E-state index contributed by atoms with van der Waals surface area (Å²) in [5.41, 5.74) is 1.84. The van der Waals surface area contributed by atoms with Gasteiger partial charge in [-0.15, -0.1) is 24.0 Å². The van der Waals surface area contributed by atoms with E-state index in [1.807, 2.05) is 24.3 Å². The fraction of sp³-hybridized carbons (Fsp3) is 0.556. The van der Waals surface area contributed by atoms with E-state index in [1.165, 1.54) is 32.1 Å². The fourth-order valence-electron chi connectivity index (χ4n) is 2.84. The van der Waals surface area contributed by atoms with Gasteiger partial charge in [-0.1, -0.05) is 31.4 Å². The predicted octanol–water partition coefficient (Wildman–Crippen LogP) is 3.00. The number of rotatable bonds is 4. The first-order chi connectivity index (χ1) is 11.1. The van der Waals surface area contributed by atoms with E-state index in [9.17, 15) is 4.79 Å². The van der Waals surface area contributed by atoms with Crippen LogP contribution < -0.4 is 10.6 Å². The number of guanidine groups is 1. The number of hydrogen-bond donors (Lipinski definition) is 2. The van der Waals surface area contributed by atoms with Crippen LogP contribution in [0.15, 0.2) is 29.3 Å². The predicted molar refractivity (Wildman–Crippen MR) is 110 cm³/mol. The number of carbonyl (C=O) groups is 1. The molecule has 1 aromatic rings. The molecule has 24 heavy (non-hydrogen) atoms. The lowest BCUT2D eigenvalue weighted by atomic mass is 9.96. The third-order valence-electron chi connectivity index (χ3n) is 4.24. The molecule has 0 bridgehead atoms. The van der Waals surface area contributed by atoms with E-state index < -0.39 is 0 Å². The minimum atomic E-state index is 0. The van der Waals surface area contributed by atoms with Crippen LogP contribution in [0.1, 0.15) is 48.0 Å². The molecule has 0 spiro atoms. The second kappa shape index (κ2) is 10.5. The van der Waals surface area contributed by atoms with Gasteiger partial charge in [0.05, 0.1) is 0 Å². The van der Waals surface area contributed by atoms with Crippen molar-refractivity contribution in [3.8, 4) is 0 Å². The average Bonchev–Trinajstić information content (AvgIpc) is 2.59. The number of hydrogen-bond acceptors (Lipinski definition) is 2. The molecule has 1 aliphatic rings. The number of benzene rings is 1. The van der Waals surface area contributed by atoms with Crippen LogP contribution >= 0.6 is 24.0 Å². The van der Waals surface area contributed by atoms with Crippen molar-refractivity contribution >= 4 is 35.8 Å². The van der Waals surface area contributed by atoms with Crippen LogP contribution in [0.4, 0.5) is 0 Å². The van der Waals surface area contributed by atoms with Crippen molar-refractivity contribution in [3.05, 3.63) is 35.4 Å². The number of halogens is 1. The molecule has 1 saturated carbocycles. The fourth-order valence-corrected chi connectivity index (χ4v) is 2.84. The normalized spacial score (nSPS) is 15.4. The maximum atomic E-state index is 11.9. The Morgan fingerprint density at radius 2 is 1.79 bits per heavy atom. The average molecular weight is 444 g/mol. The van der Waals surface area contributed by atoms with Crippen molar-refractivity contribution < 1.29 is 4.79 Å². The Kier molecular flexibility index (Phi) is 9.10. The van der Waals surface area contributed by atoms with Gasteiger partial charge in [-0.3, -0.25) is 9.79 Å². The quantitative estimate of drug-likeness (QED) is 0.427. The standard InChI is InChI=1S/C18H28N4O.HI/c1-19-18(21-16-7-5-4-6-8-16)20-13-14-9-11-15(12-10-14)17(23)22(2)3;/h9-12,16H,4-8,13H2,1-3H3,(H2,19,20,21);1H. The molecule has 2 rings (SSSR count). The Balaban J connectivity index is 0.00000288. The van der Waals surface area contributed by atoms with Gasteiger partial charge in [0.1, 0.15) is 0 Å². The van der Waals surface area contributed by atoms with Crippen LogP contribution in [-0.2, 0) is 6.54 Å². The maximum absolute atomic E-state index is 11.9. The van der Waals surface area contributed by atoms with Gasteiger partial charge in [-0.2, -0.15) is 0 Å². The summed E-state index contributed by atoms with van der Waals surface area (Å²) in [6, 6.07) is 8.25. The summed E-state index contributed by atoms with van der Waals surface area (Å²) in [7, 11) is 5.33. The highest BCUT2D eigenvalue weighted by atomic mass is 127. The largest absolute Gasteiger partial charge is 0.354 e. The Morgan fingerprint density at radius 3 is 2.33 bits per heavy atom. The summed E-state index contributed by atoms with van der Waals surface area (Å²) in [4.78, 5) is 17.8. The number of aliphatic imine (C=N–C) groups is 1.